The molecule has 6 nitrogen and oxygen atoms in total. The zero-order chi connectivity index (χ0) is 14.3. The molecule has 0 aromatic carbocycles. The van der Waals surface area contributed by atoms with Gasteiger partial charge in [0.2, 0.25) is 5.88 Å². The first kappa shape index (κ1) is 12.7. The zero-order valence-corrected chi connectivity index (χ0v) is 11.1. The first-order chi connectivity index (χ1) is 9.60. The van der Waals surface area contributed by atoms with Gasteiger partial charge in [-0.3, -0.25) is 0 Å². The topological polar surface area (TPSA) is 78.9 Å². The van der Waals surface area contributed by atoms with E-state index in [1.807, 2.05) is 0 Å². The van der Waals surface area contributed by atoms with Crippen LogP contribution in [-0.4, -0.2) is 26.9 Å². The third kappa shape index (κ3) is 1.95. The van der Waals surface area contributed by atoms with Crippen molar-refractivity contribution >= 4 is 26.7 Å². The molecule has 0 unspecified atom stereocenters. The van der Waals surface area contributed by atoms with Crippen molar-refractivity contribution in [2.24, 2.45) is 0 Å². The number of aromatic nitrogens is 4. The van der Waals surface area contributed by atoms with Crippen molar-refractivity contribution in [3.63, 3.8) is 0 Å². The number of alkyl halides is 2. The Morgan fingerprint density at radius 1 is 1.40 bits per heavy atom. The minimum Gasteiger partial charge on any atom is -0.479 e. The van der Waals surface area contributed by atoms with Crippen LogP contribution in [0.25, 0.3) is 21.3 Å². The normalized spacial score (nSPS) is 11.4. The molecular formula is C11H9F2N5OS. The molecule has 104 valence electrons. The van der Waals surface area contributed by atoms with Crippen LogP contribution in [0.15, 0.2) is 18.6 Å². The molecule has 0 bridgehead atoms. The van der Waals surface area contributed by atoms with Crippen LogP contribution < -0.4 is 10.5 Å². The van der Waals surface area contributed by atoms with Crippen LogP contribution in [0.1, 0.15) is 6.55 Å². The number of hydrogen-bond acceptors (Lipinski definition) is 6. The van der Waals surface area contributed by atoms with E-state index in [9.17, 15) is 8.78 Å². The lowest BCUT2D eigenvalue weighted by Crippen LogP contribution is -1.96. The summed E-state index contributed by atoms with van der Waals surface area (Å²) in [7, 11) is 1.48. The molecule has 0 radical (unpaired) electrons. The van der Waals surface area contributed by atoms with Gasteiger partial charge in [0.15, 0.2) is 5.13 Å². The first-order valence-corrected chi connectivity index (χ1v) is 6.33. The highest BCUT2D eigenvalue weighted by molar-refractivity contribution is 7.22. The van der Waals surface area contributed by atoms with Gasteiger partial charge in [-0.25, -0.2) is 14.6 Å². The lowest BCUT2D eigenvalue weighted by atomic mass is 10.1. The molecule has 9 heteroatoms. The van der Waals surface area contributed by atoms with Gasteiger partial charge in [0.05, 0.1) is 18.0 Å². The van der Waals surface area contributed by atoms with Gasteiger partial charge in [-0.1, -0.05) is 11.3 Å². The Balaban J connectivity index is 2.20. The molecule has 0 spiro atoms. The summed E-state index contributed by atoms with van der Waals surface area (Å²) in [6, 6.07) is 0. The maximum Gasteiger partial charge on any atom is 0.333 e. The number of nitrogen functional groups attached to an aromatic ring is 1. The zero-order valence-electron chi connectivity index (χ0n) is 10.2. The summed E-state index contributed by atoms with van der Waals surface area (Å²) in [5, 5.41) is 3.96. The van der Waals surface area contributed by atoms with Crippen molar-refractivity contribution in [3.05, 3.63) is 18.6 Å². The van der Waals surface area contributed by atoms with Gasteiger partial charge in [0, 0.05) is 23.5 Å². The van der Waals surface area contributed by atoms with Crippen molar-refractivity contribution in [2.45, 2.75) is 6.55 Å². The summed E-state index contributed by atoms with van der Waals surface area (Å²) in [5.41, 5.74) is 7.37. The Morgan fingerprint density at radius 2 is 2.20 bits per heavy atom. The summed E-state index contributed by atoms with van der Waals surface area (Å²) < 4.78 is 31.6. The van der Waals surface area contributed by atoms with Crippen molar-refractivity contribution in [1.82, 2.24) is 19.7 Å². The average molecular weight is 297 g/mol. The summed E-state index contributed by atoms with van der Waals surface area (Å²) in [4.78, 5) is 8.26. The molecule has 3 rings (SSSR count). The second-order valence-corrected chi connectivity index (χ2v) is 4.93. The average Bonchev–Trinajstić information content (AvgIpc) is 3.02. The van der Waals surface area contributed by atoms with Crippen LogP contribution in [0.4, 0.5) is 13.9 Å². The van der Waals surface area contributed by atoms with E-state index in [2.05, 4.69) is 15.1 Å². The van der Waals surface area contributed by atoms with E-state index in [4.69, 9.17) is 10.5 Å². The standard InChI is InChI=1S/C11H9F2N5OS/c1-19-9-7-8(20-11(14)17-7)6(3-15-9)5-2-16-18(4-5)10(12)13/h2-4,10H,1H3,(H2,14,17). The van der Waals surface area contributed by atoms with Gasteiger partial charge in [-0.15, -0.1) is 0 Å². The molecule has 0 fully saturated rings. The van der Waals surface area contributed by atoms with Gasteiger partial charge in [0.1, 0.15) is 5.52 Å². The smallest absolute Gasteiger partial charge is 0.333 e. The van der Waals surface area contributed by atoms with Crippen molar-refractivity contribution in [3.8, 4) is 17.0 Å². The molecule has 3 aromatic heterocycles. The second kappa shape index (κ2) is 4.67. The lowest BCUT2D eigenvalue weighted by Gasteiger charge is -2.02. The van der Waals surface area contributed by atoms with Crippen LogP contribution in [0, 0.1) is 0 Å². The Bertz CT molecular complexity index is 769. The molecule has 0 aliphatic carbocycles. The number of nitrogens with two attached hydrogens (primary N) is 1. The van der Waals surface area contributed by atoms with E-state index in [1.165, 1.54) is 37.0 Å². The molecule has 2 N–H and O–H groups in total. The summed E-state index contributed by atoms with van der Waals surface area (Å²) >= 11 is 1.24. The molecule has 3 aromatic rings. The van der Waals surface area contributed by atoms with E-state index in [0.29, 0.717) is 32.3 Å². The van der Waals surface area contributed by atoms with Gasteiger partial charge in [-0.2, -0.15) is 13.9 Å². The second-order valence-electron chi connectivity index (χ2n) is 3.90. The van der Waals surface area contributed by atoms with Crippen LogP contribution in [0.3, 0.4) is 0 Å². The van der Waals surface area contributed by atoms with Crippen LogP contribution in [-0.2, 0) is 0 Å². The van der Waals surface area contributed by atoms with E-state index in [-0.39, 0.29) is 0 Å². The van der Waals surface area contributed by atoms with Crippen LogP contribution >= 0.6 is 11.3 Å². The third-order valence-corrected chi connectivity index (χ3v) is 3.63. The highest BCUT2D eigenvalue weighted by Crippen LogP contribution is 2.37. The van der Waals surface area contributed by atoms with E-state index in [1.54, 1.807) is 0 Å². The molecule has 0 saturated carbocycles. The highest BCUT2D eigenvalue weighted by atomic mass is 32.1. The maximum atomic E-state index is 12.6. The quantitative estimate of drug-likeness (QED) is 0.803. The van der Waals surface area contributed by atoms with E-state index >= 15 is 0 Å². The fraction of sp³-hybridized carbons (Fsp3) is 0.182. The predicted octanol–water partition coefficient (Wildman–Crippen LogP) is 2.54. The SMILES string of the molecule is COc1ncc(-c2cnn(C(F)F)c2)c2sc(N)nc12. The van der Waals surface area contributed by atoms with Gasteiger partial charge in [-0.05, 0) is 0 Å². The summed E-state index contributed by atoms with van der Waals surface area (Å²) in [6.45, 7) is -2.68. The molecule has 0 aliphatic heterocycles. The fourth-order valence-corrected chi connectivity index (χ4v) is 2.70. The molecular weight excluding hydrogens is 288 g/mol. The number of ether oxygens (including phenoxy) is 1. The predicted molar refractivity (Wildman–Crippen MR) is 70.9 cm³/mol. The monoisotopic (exact) mass is 297 g/mol. The van der Waals surface area contributed by atoms with E-state index < -0.39 is 6.55 Å². The summed E-state index contributed by atoms with van der Waals surface area (Å²) in [6.07, 6.45) is 4.14. The Labute approximate surface area is 115 Å². The Kier molecular flexibility index (Phi) is 2.97. The number of thiazole rings is 1. The molecule has 0 saturated heterocycles. The highest BCUT2D eigenvalue weighted by Gasteiger charge is 2.16. The first-order valence-electron chi connectivity index (χ1n) is 5.52. The molecule has 3 heterocycles. The van der Waals surface area contributed by atoms with Crippen molar-refractivity contribution in [1.29, 1.82) is 0 Å². The largest absolute Gasteiger partial charge is 0.479 e. The van der Waals surface area contributed by atoms with E-state index in [0.717, 1.165) is 4.70 Å². The van der Waals surface area contributed by atoms with Crippen LogP contribution in [0.5, 0.6) is 5.88 Å². The van der Waals surface area contributed by atoms with Crippen LogP contribution in [0.2, 0.25) is 0 Å². The number of pyridine rings is 1. The minimum absolute atomic E-state index is 0.345. The Hall–Kier alpha value is -2.29. The number of nitrogens with zero attached hydrogens (tertiary/aromatic N) is 4. The van der Waals surface area contributed by atoms with Gasteiger partial charge >= 0.3 is 6.55 Å². The number of methoxy groups -OCH3 is 1. The number of anilines is 1. The maximum absolute atomic E-state index is 12.6. The number of fused-ring (bicyclic) bond motifs is 1. The molecule has 0 atom stereocenters. The fourth-order valence-electron chi connectivity index (χ4n) is 1.85. The summed E-state index contributed by atoms with van der Waals surface area (Å²) in [5.74, 6) is 0.345. The van der Waals surface area contributed by atoms with Crippen molar-refractivity contribution < 1.29 is 13.5 Å². The minimum atomic E-state index is -2.68. The number of halogens is 2. The van der Waals surface area contributed by atoms with Gasteiger partial charge in [0.25, 0.3) is 0 Å². The molecule has 20 heavy (non-hydrogen) atoms. The van der Waals surface area contributed by atoms with Crippen molar-refractivity contribution in [2.75, 3.05) is 12.8 Å². The van der Waals surface area contributed by atoms with Gasteiger partial charge < -0.3 is 10.5 Å². The Morgan fingerprint density at radius 3 is 2.85 bits per heavy atom. The molecule has 0 amide bonds. The third-order valence-electron chi connectivity index (χ3n) is 2.71. The molecule has 0 aliphatic rings. The number of hydrogen-bond donors (Lipinski definition) is 1. The number of rotatable bonds is 3. The lowest BCUT2D eigenvalue weighted by molar-refractivity contribution is 0.0566.